The normalized spacial score (nSPS) is 11.1. The van der Waals surface area contributed by atoms with Crippen LogP contribution in [-0.4, -0.2) is 17.1 Å². The van der Waals surface area contributed by atoms with Crippen LogP contribution in [0.3, 0.4) is 0 Å². The van der Waals surface area contributed by atoms with E-state index in [4.69, 9.17) is 14.7 Å². The van der Waals surface area contributed by atoms with Gasteiger partial charge >= 0.3 is 0 Å². The van der Waals surface area contributed by atoms with Crippen molar-refractivity contribution in [1.82, 2.24) is 9.97 Å². The van der Waals surface area contributed by atoms with E-state index in [1.165, 1.54) is 11.1 Å². The first kappa shape index (κ1) is 20.2. The molecule has 3 aromatic carbocycles. The number of hydrogen-bond donors (Lipinski definition) is 1. The van der Waals surface area contributed by atoms with Gasteiger partial charge in [-0.25, -0.2) is 9.97 Å². The van der Waals surface area contributed by atoms with Crippen molar-refractivity contribution >= 4 is 27.4 Å². The summed E-state index contributed by atoms with van der Waals surface area (Å²) in [6.07, 6.45) is 0. The summed E-state index contributed by atoms with van der Waals surface area (Å²) in [6, 6.07) is 29.0. The standard InChI is InChI=1S/C27H23N3OS/c1-18-28-26(30-25(20-9-5-3-6-10-20)21-11-7-4-8-12-21)24-23(17-32-27(24)29-18)19-13-15-22(31-2)16-14-19/h3-17,25H,1-2H3,(H,28,29,30). The molecule has 0 bridgehead atoms. The van der Waals surface area contributed by atoms with Crippen LogP contribution in [0.5, 0.6) is 5.75 Å². The Morgan fingerprint density at radius 3 is 2.03 bits per heavy atom. The quantitative estimate of drug-likeness (QED) is 0.315. The lowest BCUT2D eigenvalue weighted by atomic mass is 9.98. The number of thiophene rings is 1. The van der Waals surface area contributed by atoms with Gasteiger partial charge in [0.05, 0.1) is 18.5 Å². The number of methoxy groups -OCH3 is 1. The molecule has 0 aliphatic heterocycles. The van der Waals surface area contributed by atoms with Crippen LogP contribution in [0.2, 0.25) is 0 Å². The molecule has 0 spiro atoms. The van der Waals surface area contributed by atoms with Crippen molar-refractivity contribution in [1.29, 1.82) is 0 Å². The summed E-state index contributed by atoms with van der Waals surface area (Å²) in [7, 11) is 1.68. The van der Waals surface area contributed by atoms with Crippen LogP contribution in [0.25, 0.3) is 21.3 Å². The average molecular weight is 438 g/mol. The van der Waals surface area contributed by atoms with Crippen molar-refractivity contribution in [3.05, 3.63) is 107 Å². The summed E-state index contributed by atoms with van der Waals surface area (Å²) >= 11 is 1.64. The molecule has 2 heterocycles. The third-order valence-corrected chi connectivity index (χ3v) is 6.37. The summed E-state index contributed by atoms with van der Waals surface area (Å²) in [5.41, 5.74) is 4.60. The number of hydrogen-bond acceptors (Lipinski definition) is 5. The van der Waals surface area contributed by atoms with Gasteiger partial charge in [0.1, 0.15) is 22.2 Å². The van der Waals surface area contributed by atoms with E-state index in [1.54, 1.807) is 18.4 Å². The van der Waals surface area contributed by atoms with E-state index in [-0.39, 0.29) is 6.04 Å². The Balaban J connectivity index is 1.64. The lowest BCUT2D eigenvalue weighted by Crippen LogP contribution is -2.14. The average Bonchev–Trinajstić information content (AvgIpc) is 3.27. The van der Waals surface area contributed by atoms with Crippen LogP contribution >= 0.6 is 11.3 Å². The van der Waals surface area contributed by atoms with Crippen molar-refractivity contribution in [2.24, 2.45) is 0 Å². The Kier molecular flexibility index (Phi) is 5.57. The SMILES string of the molecule is COc1ccc(-c2csc3nc(C)nc(NC(c4ccccc4)c4ccccc4)c23)cc1. The van der Waals surface area contributed by atoms with E-state index in [0.717, 1.165) is 38.7 Å². The summed E-state index contributed by atoms with van der Waals surface area (Å²) in [6.45, 7) is 1.94. The molecule has 32 heavy (non-hydrogen) atoms. The molecule has 2 aromatic heterocycles. The number of nitrogens with one attached hydrogen (secondary N) is 1. The molecule has 5 aromatic rings. The van der Waals surface area contributed by atoms with Crippen LogP contribution in [0.4, 0.5) is 5.82 Å². The zero-order valence-electron chi connectivity index (χ0n) is 17.9. The van der Waals surface area contributed by atoms with Gasteiger partial charge < -0.3 is 10.1 Å². The summed E-state index contributed by atoms with van der Waals surface area (Å²) in [5, 5.41) is 6.95. The minimum Gasteiger partial charge on any atom is -0.497 e. The van der Waals surface area contributed by atoms with Crippen molar-refractivity contribution in [2.75, 3.05) is 12.4 Å². The van der Waals surface area contributed by atoms with Crippen molar-refractivity contribution in [3.8, 4) is 16.9 Å². The molecule has 4 nitrogen and oxygen atoms in total. The highest BCUT2D eigenvalue weighted by molar-refractivity contribution is 7.17. The van der Waals surface area contributed by atoms with Gasteiger partial charge in [-0.2, -0.15) is 0 Å². The number of aromatic nitrogens is 2. The minimum atomic E-state index is -0.0292. The fourth-order valence-corrected chi connectivity index (χ4v) is 4.92. The maximum atomic E-state index is 5.33. The zero-order valence-corrected chi connectivity index (χ0v) is 18.8. The maximum Gasteiger partial charge on any atom is 0.139 e. The topological polar surface area (TPSA) is 47.0 Å². The number of anilines is 1. The van der Waals surface area contributed by atoms with Crippen LogP contribution in [0.15, 0.2) is 90.3 Å². The molecule has 0 saturated carbocycles. The molecule has 0 radical (unpaired) electrons. The Morgan fingerprint density at radius 2 is 1.44 bits per heavy atom. The van der Waals surface area contributed by atoms with Crippen molar-refractivity contribution in [2.45, 2.75) is 13.0 Å². The molecule has 0 unspecified atom stereocenters. The molecular weight excluding hydrogens is 414 g/mol. The van der Waals surface area contributed by atoms with Gasteiger partial charge in [-0.3, -0.25) is 0 Å². The molecule has 0 atom stereocenters. The van der Waals surface area contributed by atoms with E-state index in [9.17, 15) is 0 Å². The molecule has 158 valence electrons. The number of fused-ring (bicyclic) bond motifs is 1. The lowest BCUT2D eigenvalue weighted by molar-refractivity contribution is 0.415. The van der Waals surface area contributed by atoms with Crippen LogP contribution in [0, 0.1) is 6.92 Å². The zero-order chi connectivity index (χ0) is 21.9. The Morgan fingerprint density at radius 1 is 0.812 bits per heavy atom. The van der Waals surface area contributed by atoms with Gasteiger partial charge in [-0.1, -0.05) is 72.8 Å². The lowest BCUT2D eigenvalue weighted by Gasteiger charge is -2.21. The second-order valence-electron chi connectivity index (χ2n) is 7.58. The molecule has 1 N–H and O–H groups in total. The van der Waals surface area contributed by atoms with Gasteiger partial charge in [0.15, 0.2) is 0 Å². The third-order valence-electron chi connectivity index (χ3n) is 5.49. The van der Waals surface area contributed by atoms with Gasteiger partial charge in [0.2, 0.25) is 0 Å². The number of ether oxygens (including phenoxy) is 1. The number of nitrogens with zero attached hydrogens (tertiary/aromatic N) is 2. The predicted octanol–water partition coefficient (Wildman–Crippen LogP) is 6.88. The molecule has 5 heteroatoms. The third kappa shape index (κ3) is 3.95. The van der Waals surface area contributed by atoms with Crippen molar-refractivity contribution in [3.63, 3.8) is 0 Å². The van der Waals surface area contributed by atoms with E-state index in [2.05, 4.69) is 71.4 Å². The Bertz CT molecular complexity index is 1290. The highest BCUT2D eigenvalue weighted by atomic mass is 32.1. The number of rotatable bonds is 6. The van der Waals surface area contributed by atoms with E-state index < -0.39 is 0 Å². The highest BCUT2D eigenvalue weighted by Crippen LogP contribution is 2.39. The maximum absolute atomic E-state index is 5.33. The van der Waals surface area contributed by atoms with Crippen LogP contribution < -0.4 is 10.1 Å². The molecule has 0 saturated heterocycles. The first-order valence-electron chi connectivity index (χ1n) is 10.5. The van der Waals surface area contributed by atoms with Gasteiger partial charge in [0, 0.05) is 10.9 Å². The van der Waals surface area contributed by atoms with Crippen LogP contribution in [-0.2, 0) is 0 Å². The van der Waals surface area contributed by atoms with Gasteiger partial charge in [-0.15, -0.1) is 11.3 Å². The fraction of sp³-hybridized carbons (Fsp3) is 0.111. The summed E-state index contributed by atoms with van der Waals surface area (Å²) in [4.78, 5) is 10.5. The molecule has 0 fully saturated rings. The van der Waals surface area contributed by atoms with Gasteiger partial charge in [-0.05, 0) is 35.7 Å². The minimum absolute atomic E-state index is 0.0292. The van der Waals surface area contributed by atoms with Crippen LogP contribution in [0.1, 0.15) is 23.0 Å². The molecule has 0 aliphatic carbocycles. The highest BCUT2D eigenvalue weighted by Gasteiger charge is 2.19. The predicted molar refractivity (Wildman–Crippen MR) is 132 cm³/mol. The molecule has 0 aliphatic rings. The smallest absolute Gasteiger partial charge is 0.139 e. The summed E-state index contributed by atoms with van der Waals surface area (Å²) in [5.74, 6) is 2.44. The summed E-state index contributed by atoms with van der Waals surface area (Å²) < 4.78 is 5.33. The fourth-order valence-electron chi connectivity index (χ4n) is 3.92. The molecule has 5 rings (SSSR count). The van der Waals surface area contributed by atoms with Crippen molar-refractivity contribution < 1.29 is 4.74 Å². The Labute approximate surface area is 191 Å². The van der Waals surface area contributed by atoms with E-state index in [0.29, 0.717) is 0 Å². The first-order valence-corrected chi connectivity index (χ1v) is 11.4. The Hall–Kier alpha value is -3.70. The number of aryl methyl sites for hydroxylation is 1. The molecule has 0 amide bonds. The van der Waals surface area contributed by atoms with E-state index >= 15 is 0 Å². The second-order valence-corrected chi connectivity index (χ2v) is 8.43. The second kappa shape index (κ2) is 8.81. The van der Waals surface area contributed by atoms with Gasteiger partial charge in [0.25, 0.3) is 0 Å². The largest absolute Gasteiger partial charge is 0.497 e. The first-order chi connectivity index (χ1) is 15.7. The number of benzene rings is 3. The van der Waals surface area contributed by atoms with E-state index in [1.807, 2.05) is 31.2 Å². The molecular formula is C27H23N3OS. The monoisotopic (exact) mass is 437 g/mol.